The molecule has 1 saturated heterocycles. The molecule has 0 aliphatic carbocycles. The molecule has 8 heteroatoms. The van der Waals surface area contributed by atoms with E-state index >= 15 is 0 Å². The van der Waals surface area contributed by atoms with Gasteiger partial charge in [-0.15, -0.1) is 0 Å². The van der Waals surface area contributed by atoms with Gasteiger partial charge >= 0.3 is 5.69 Å². The van der Waals surface area contributed by atoms with Gasteiger partial charge in [0.05, 0.1) is 13.1 Å². The first kappa shape index (κ1) is 23.7. The summed E-state index contributed by atoms with van der Waals surface area (Å²) in [6, 6.07) is 19.7. The molecule has 1 aromatic heterocycles. The van der Waals surface area contributed by atoms with Gasteiger partial charge in [0.1, 0.15) is 11.4 Å². The summed E-state index contributed by atoms with van der Waals surface area (Å²) in [7, 11) is 1.38. The standard InChI is InChI=1S/C26H31N5O3/c1-28-25(33)23(24(27)31(26(28)34)18-21-11-6-3-7-12-21)22(32)19-30-14-8-13-29(15-16-30)17-20-9-4-2-5-10-20/h2-7,9-12H,8,13-19,27H2,1H3. The number of rotatable bonds is 7. The van der Waals surface area contributed by atoms with Gasteiger partial charge in [0.2, 0.25) is 0 Å². The van der Waals surface area contributed by atoms with Gasteiger partial charge in [-0.1, -0.05) is 60.7 Å². The number of aromatic nitrogens is 2. The smallest absolute Gasteiger partial charge is 0.332 e. The van der Waals surface area contributed by atoms with Crippen molar-refractivity contribution in [1.82, 2.24) is 18.9 Å². The van der Waals surface area contributed by atoms with Crippen LogP contribution in [0.15, 0.2) is 70.3 Å². The highest BCUT2D eigenvalue weighted by molar-refractivity contribution is 6.01. The van der Waals surface area contributed by atoms with Crippen LogP contribution in [0.4, 0.5) is 5.82 Å². The zero-order chi connectivity index (χ0) is 24.1. The Morgan fingerprint density at radius 3 is 2.03 bits per heavy atom. The van der Waals surface area contributed by atoms with Crippen LogP contribution < -0.4 is 17.0 Å². The second-order valence-electron chi connectivity index (χ2n) is 8.79. The average Bonchev–Trinajstić information content (AvgIpc) is 3.07. The van der Waals surface area contributed by atoms with Crippen molar-refractivity contribution in [3.63, 3.8) is 0 Å². The van der Waals surface area contributed by atoms with Crippen molar-refractivity contribution >= 4 is 11.6 Å². The number of Topliss-reactive ketones (excluding diaryl/α,β-unsaturated/α-hetero) is 1. The lowest BCUT2D eigenvalue weighted by Crippen LogP contribution is -2.44. The van der Waals surface area contributed by atoms with Gasteiger partial charge in [0.15, 0.2) is 5.78 Å². The number of anilines is 1. The van der Waals surface area contributed by atoms with E-state index in [2.05, 4.69) is 21.9 Å². The average molecular weight is 462 g/mol. The maximum absolute atomic E-state index is 13.2. The Labute approximate surface area is 198 Å². The molecule has 0 saturated carbocycles. The lowest BCUT2D eigenvalue weighted by molar-refractivity contribution is 0.0930. The number of carbonyl (C=O) groups excluding carboxylic acids is 1. The molecule has 2 aromatic carbocycles. The minimum Gasteiger partial charge on any atom is -0.384 e. The first-order valence-electron chi connectivity index (χ1n) is 11.6. The molecule has 178 valence electrons. The molecule has 8 nitrogen and oxygen atoms in total. The van der Waals surface area contributed by atoms with Crippen molar-refractivity contribution in [2.24, 2.45) is 7.05 Å². The fraction of sp³-hybridized carbons (Fsp3) is 0.346. The summed E-state index contributed by atoms with van der Waals surface area (Å²) in [6.07, 6.45) is 0.932. The van der Waals surface area contributed by atoms with Crippen molar-refractivity contribution in [2.75, 3.05) is 38.5 Å². The Bertz CT molecular complexity index is 1250. The van der Waals surface area contributed by atoms with E-state index in [0.717, 1.165) is 49.3 Å². The number of hydrogen-bond donors (Lipinski definition) is 1. The lowest BCUT2D eigenvalue weighted by atomic mass is 10.1. The lowest BCUT2D eigenvalue weighted by Gasteiger charge is -2.22. The Morgan fingerprint density at radius 2 is 1.38 bits per heavy atom. The largest absolute Gasteiger partial charge is 0.384 e. The van der Waals surface area contributed by atoms with Gasteiger partial charge < -0.3 is 5.73 Å². The molecule has 2 heterocycles. The summed E-state index contributed by atoms with van der Waals surface area (Å²) in [5.41, 5.74) is 7.09. The van der Waals surface area contributed by atoms with Crippen LogP contribution in [0.3, 0.4) is 0 Å². The SMILES string of the molecule is Cn1c(=O)c(C(=O)CN2CCCN(Cc3ccccc3)CC2)c(N)n(Cc2ccccc2)c1=O. The quantitative estimate of drug-likeness (QED) is 0.537. The molecule has 0 amide bonds. The van der Waals surface area contributed by atoms with E-state index in [0.29, 0.717) is 0 Å². The molecular formula is C26H31N5O3. The number of hydrogen-bond acceptors (Lipinski definition) is 6. The van der Waals surface area contributed by atoms with E-state index in [1.165, 1.54) is 17.2 Å². The van der Waals surface area contributed by atoms with Crippen LogP contribution >= 0.6 is 0 Å². The number of ketones is 1. The first-order chi connectivity index (χ1) is 16.4. The molecule has 2 N–H and O–H groups in total. The van der Waals surface area contributed by atoms with E-state index in [9.17, 15) is 14.4 Å². The first-order valence-corrected chi connectivity index (χ1v) is 11.6. The molecule has 1 aliphatic heterocycles. The predicted molar refractivity (Wildman–Crippen MR) is 133 cm³/mol. The van der Waals surface area contributed by atoms with E-state index in [1.54, 1.807) is 0 Å². The molecular weight excluding hydrogens is 430 g/mol. The highest BCUT2D eigenvalue weighted by Gasteiger charge is 2.24. The molecule has 0 bridgehead atoms. The molecule has 3 aromatic rings. The van der Waals surface area contributed by atoms with Gasteiger partial charge in [-0.05, 0) is 30.6 Å². The minimum absolute atomic E-state index is 0.0671. The summed E-state index contributed by atoms with van der Waals surface area (Å²) >= 11 is 0. The van der Waals surface area contributed by atoms with E-state index in [1.807, 2.05) is 48.5 Å². The minimum atomic E-state index is -0.641. The third-order valence-electron chi connectivity index (χ3n) is 6.34. The maximum atomic E-state index is 13.2. The van der Waals surface area contributed by atoms with Crippen LogP contribution in [0.5, 0.6) is 0 Å². The zero-order valence-electron chi connectivity index (χ0n) is 19.5. The van der Waals surface area contributed by atoms with Gasteiger partial charge in [-0.2, -0.15) is 0 Å². The van der Waals surface area contributed by atoms with Gasteiger partial charge in [0, 0.05) is 26.7 Å². The molecule has 0 unspecified atom stereocenters. The second kappa shape index (κ2) is 10.6. The van der Waals surface area contributed by atoms with Crippen molar-refractivity contribution in [1.29, 1.82) is 0 Å². The molecule has 4 rings (SSSR count). The fourth-order valence-electron chi connectivity index (χ4n) is 4.43. The van der Waals surface area contributed by atoms with Crippen LogP contribution in [-0.4, -0.2) is 57.4 Å². The van der Waals surface area contributed by atoms with Gasteiger partial charge in [-0.3, -0.25) is 28.5 Å². The molecule has 1 aliphatic rings. The highest BCUT2D eigenvalue weighted by atomic mass is 16.2. The van der Waals surface area contributed by atoms with Crippen LogP contribution in [-0.2, 0) is 20.1 Å². The molecule has 0 radical (unpaired) electrons. The van der Waals surface area contributed by atoms with Gasteiger partial charge in [-0.25, -0.2) is 4.79 Å². The molecule has 0 atom stereocenters. The third-order valence-corrected chi connectivity index (χ3v) is 6.34. The molecule has 0 spiro atoms. The number of benzene rings is 2. The normalized spacial score (nSPS) is 15.2. The summed E-state index contributed by atoms with van der Waals surface area (Å²) in [5, 5.41) is 0. The summed E-state index contributed by atoms with van der Waals surface area (Å²) < 4.78 is 2.27. The van der Waals surface area contributed by atoms with Crippen molar-refractivity contribution in [2.45, 2.75) is 19.5 Å². The van der Waals surface area contributed by atoms with Crippen LogP contribution in [0.1, 0.15) is 27.9 Å². The highest BCUT2D eigenvalue weighted by Crippen LogP contribution is 2.12. The Kier molecular flexibility index (Phi) is 7.40. The second-order valence-corrected chi connectivity index (χ2v) is 8.79. The van der Waals surface area contributed by atoms with Crippen LogP contribution in [0, 0.1) is 0 Å². The van der Waals surface area contributed by atoms with Crippen molar-refractivity contribution < 1.29 is 4.79 Å². The summed E-state index contributed by atoms with van der Waals surface area (Å²) in [4.78, 5) is 43.3. The number of nitrogens with two attached hydrogens (primary N) is 1. The number of nitrogen functional groups attached to an aromatic ring is 1. The monoisotopic (exact) mass is 461 g/mol. The van der Waals surface area contributed by atoms with Gasteiger partial charge in [0.25, 0.3) is 5.56 Å². The summed E-state index contributed by atoms with van der Waals surface area (Å²) in [5.74, 6) is -0.418. The third kappa shape index (κ3) is 5.35. The Morgan fingerprint density at radius 1 is 0.824 bits per heavy atom. The zero-order valence-corrected chi connectivity index (χ0v) is 19.5. The Balaban J connectivity index is 1.49. The predicted octanol–water partition coefficient (Wildman–Crippen LogP) is 1.57. The van der Waals surface area contributed by atoms with Crippen LogP contribution in [0.25, 0.3) is 0 Å². The maximum Gasteiger partial charge on any atom is 0.332 e. The van der Waals surface area contributed by atoms with E-state index in [4.69, 9.17) is 5.73 Å². The van der Waals surface area contributed by atoms with Crippen molar-refractivity contribution in [3.8, 4) is 0 Å². The van der Waals surface area contributed by atoms with E-state index in [-0.39, 0.29) is 30.3 Å². The van der Waals surface area contributed by atoms with E-state index < -0.39 is 11.2 Å². The van der Waals surface area contributed by atoms with Crippen LogP contribution in [0.2, 0.25) is 0 Å². The fourth-order valence-corrected chi connectivity index (χ4v) is 4.43. The number of carbonyl (C=O) groups is 1. The molecule has 34 heavy (non-hydrogen) atoms. The topological polar surface area (TPSA) is 93.6 Å². The molecule has 1 fully saturated rings. The number of nitrogens with zero attached hydrogens (tertiary/aromatic N) is 4. The Hall–Kier alpha value is -3.49. The summed E-state index contributed by atoms with van der Waals surface area (Å²) in [6.45, 7) is 4.44. The van der Waals surface area contributed by atoms with Crippen molar-refractivity contribution in [3.05, 3.63) is 98.2 Å².